The second kappa shape index (κ2) is 6.89. The number of anilines is 1. The lowest BCUT2D eigenvalue weighted by Crippen LogP contribution is -2.13. The number of nitrogens with zero attached hydrogens (tertiary/aromatic N) is 3. The third-order valence-electron chi connectivity index (χ3n) is 3.85. The van der Waals surface area contributed by atoms with Crippen molar-refractivity contribution in [1.82, 2.24) is 15.0 Å². The van der Waals surface area contributed by atoms with Crippen molar-refractivity contribution in [2.45, 2.75) is 0 Å². The lowest BCUT2D eigenvalue weighted by atomic mass is 10.0. The van der Waals surface area contributed by atoms with Crippen molar-refractivity contribution in [2.24, 2.45) is 0 Å². The van der Waals surface area contributed by atoms with Gasteiger partial charge in [0.05, 0.1) is 17.4 Å². The van der Waals surface area contributed by atoms with Crippen molar-refractivity contribution in [3.63, 3.8) is 0 Å². The van der Waals surface area contributed by atoms with Gasteiger partial charge in [-0.15, -0.1) is 0 Å². The van der Waals surface area contributed by atoms with Crippen molar-refractivity contribution in [1.29, 1.82) is 0 Å². The Balaban J connectivity index is 1.70. The number of carbonyl (C=O) groups is 1. The third kappa shape index (κ3) is 3.00. The first-order valence-electron chi connectivity index (χ1n) is 7.86. The van der Waals surface area contributed by atoms with Gasteiger partial charge in [0, 0.05) is 29.7 Å². The largest absolute Gasteiger partial charge is 0.496 e. The van der Waals surface area contributed by atoms with E-state index >= 15 is 0 Å². The summed E-state index contributed by atoms with van der Waals surface area (Å²) < 4.78 is 6.33. The molecule has 0 aliphatic carbocycles. The van der Waals surface area contributed by atoms with Crippen LogP contribution < -0.4 is 10.1 Å². The zero-order valence-corrected chi connectivity index (χ0v) is 14.7. The fourth-order valence-corrected chi connectivity index (χ4v) is 3.48. The highest BCUT2D eigenvalue weighted by atomic mass is 32.1. The maximum Gasteiger partial charge on any atom is 0.258 e. The van der Waals surface area contributed by atoms with E-state index in [1.807, 2.05) is 36.4 Å². The molecule has 0 fully saturated rings. The molecular formula is C19H14N4O2S. The molecule has 4 rings (SSSR count). The van der Waals surface area contributed by atoms with Gasteiger partial charge in [-0.05, 0) is 24.3 Å². The van der Waals surface area contributed by atoms with Crippen LogP contribution in [-0.2, 0) is 0 Å². The predicted molar refractivity (Wildman–Crippen MR) is 102 cm³/mol. The lowest BCUT2D eigenvalue weighted by Gasteiger charge is -2.11. The molecular weight excluding hydrogens is 348 g/mol. The smallest absolute Gasteiger partial charge is 0.258 e. The Kier molecular flexibility index (Phi) is 4.28. The number of ether oxygens (including phenoxy) is 1. The van der Waals surface area contributed by atoms with E-state index < -0.39 is 0 Å². The lowest BCUT2D eigenvalue weighted by molar-refractivity contribution is 0.102. The van der Waals surface area contributed by atoms with Crippen LogP contribution in [0.15, 0.2) is 61.1 Å². The number of pyridine rings is 2. The van der Waals surface area contributed by atoms with E-state index in [1.54, 1.807) is 31.8 Å². The maximum atomic E-state index is 12.9. The zero-order chi connectivity index (χ0) is 17.9. The summed E-state index contributed by atoms with van der Waals surface area (Å²) in [5.74, 6) is 0.422. The second-order valence-electron chi connectivity index (χ2n) is 5.42. The normalized spacial score (nSPS) is 10.7. The highest BCUT2D eigenvalue weighted by molar-refractivity contribution is 7.22. The molecule has 1 N–H and O–H groups in total. The maximum absolute atomic E-state index is 12.9. The number of para-hydroxylation sites is 1. The molecule has 0 atom stereocenters. The van der Waals surface area contributed by atoms with Crippen molar-refractivity contribution in [2.75, 3.05) is 12.4 Å². The standard InChI is InChI=1S/C19H14N4O2S/c1-25-15-6-3-2-5-12(15)14-11-20-10-8-13(14)18(24)23-19-22-17-16(26-19)7-4-9-21-17/h2-11H,1H3,(H,21,22,23,24). The minimum atomic E-state index is -0.257. The van der Waals surface area contributed by atoms with Crippen LogP contribution in [-0.4, -0.2) is 28.0 Å². The van der Waals surface area contributed by atoms with Gasteiger partial charge in [-0.1, -0.05) is 29.5 Å². The van der Waals surface area contributed by atoms with Crippen molar-refractivity contribution >= 4 is 32.7 Å². The van der Waals surface area contributed by atoms with E-state index in [1.165, 1.54) is 11.3 Å². The van der Waals surface area contributed by atoms with E-state index in [0.717, 1.165) is 10.3 Å². The summed E-state index contributed by atoms with van der Waals surface area (Å²) in [5.41, 5.74) is 2.62. The molecule has 0 radical (unpaired) electrons. The van der Waals surface area contributed by atoms with E-state index in [4.69, 9.17) is 4.74 Å². The Morgan fingerprint density at radius 2 is 1.96 bits per heavy atom. The highest BCUT2D eigenvalue weighted by Gasteiger charge is 2.17. The van der Waals surface area contributed by atoms with E-state index in [0.29, 0.717) is 27.7 Å². The molecule has 0 spiro atoms. The Morgan fingerprint density at radius 1 is 1.08 bits per heavy atom. The number of nitrogens with one attached hydrogen (secondary N) is 1. The molecule has 0 bridgehead atoms. The summed E-state index contributed by atoms with van der Waals surface area (Å²) in [6.07, 6.45) is 4.93. The van der Waals surface area contributed by atoms with Gasteiger partial charge in [0.2, 0.25) is 0 Å². The SMILES string of the molecule is COc1ccccc1-c1cnccc1C(=O)Nc1nc2ncccc2s1. The molecule has 7 heteroatoms. The fourth-order valence-electron chi connectivity index (χ4n) is 2.66. The van der Waals surface area contributed by atoms with Crippen LogP contribution in [0.5, 0.6) is 5.75 Å². The summed E-state index contributed by atoms with van der Waals surface area (Å²) in [7, 11) is 1.60. The molecule has 0 saturated heterocycles. The quantitative estimate of drug-likeness (QED) is 0.593. The number of carbonyl (C=O) groups excluding carboxylic acids is 1. The number of amides is 1. The van der Waals surface area contributed by atoms with Crippen LogP contribution in [0.1, 0.15) is 10.4 Å². The van der Waals surface area contributed by atoms with E-state index in [-0.39, 0.29) is 5.91 Å². The molecule has 128 valence electrons. The zero-order valence-electron chi connectivity index (χ0n) is 13.8. The molecule has 3 aromatic heterocycles. The molecule has 0 saturated carbocycles. The van der Waals surface area contributed by atoms with Gasteiger partial charge in [-0.2, -0.15) is 4.98 Å². The van der Waals surface area contributed by atoms with Gasteiger partial charge in [-0.3, -0.25) is 15.1 Å². The number of hydrogen-bond donors (Lipinski definition) is 1. The van der Waals surface area contributed by atoms with Crippen LogP contribution in [0.3, 0.4) is 0 Å². The number of thiazole rings is 1. The van der Waals surface area contributed by atoms with Crippen LogP contribution in [0.4, 0.5) is 5.13 Å². The molecule has 0 aliphatic heterocycles. The molecule has 1 amide bonds. The third-order valence-corrected chi connectivity index (χ3v) is 4.77. The van der Waals surface area contributed by atoms with Gasteiger partial charge < -0.3 is 4.74 Å². The van der Waals surface area contributed by atoms with E-state index in [9.17, 15) is 4.79 Å². The monoisotopic (exact) mass is 362 g/mol. The van der Waals surface area contributed by atoms with Gasteiger partial charge in [0.15, 0.2) is 10.8 Å². The van der Waals surface area contributed by atoms with Gasteiger partial charge in [0.25, 0.3) is 5.91 Å². The van der Waals surface area contributed by atoms with Crippen LogP contribution in [0, 0.1) is 0 Å². The number of fused-ring (bicyclic) bond motifs is 1. The molecule has 26 heavy (non-hydrogen) atoms. The Hall–Kier alpha value is -3.32. The summed E-state index contributed by atoms with van der Waals surface area (Å²) in [6.45, 7) is 0. The molecule has 0 unspecified atom stereocenters. The number of benzene rings is 1. The average Bonchev–Trinajstić information content (AvgIpc) is 3.10. The molecule has 6 nitrogen and oxygen atoms in total. The average molecular weight is 362 g/mol. The first-order valence-corrected chi connectivity index (χ1v) is 8.68. The van der Waals surface area contributed by atoms with Gasteiger partial charge in [-0.25, -0.2) is 4.98 Å². The first kappa shape index (κ1) is 16.2. The minimum Gasteiger partial charge on any atom is -0.496 e. The summed E-state index contributed by atoms with van der Waals surface area (Å²) >= 11 is 1.38. The molecule has 1 aromatic carbocycles. The van der Waals surface area contributed by atoms with Crippen molar-refractivity contribution in [3.05, 3.63) is 66.6 Å². The summed E-state index contributed by atoms with van der Waals surface area (Å²) in [6, 6.07) is 13.0. The topological polar surface area (TPSA) is 77.0 Å². The number of aromatic nitrogens is 3. The Bertz CT molecular complexity index is 1060. The number of hydrogen-bond acceptors (Lipinski definition) is 6. The van der Waals surface area contributed by atoms with Gasteiger partial charge >= 0.3 is 0 Å². The molecule has 4 aromatic rings. The number of rotatable bonds is 4. The van der Waals surface area contributed by atoms with Crippen LogP contribution in [0.25, 0.3) is 21.5 Å². The fraction of sp³-hybridized carbons (Fsp3) is 0.0526. The van der Waals surface area contributed by atoms with E-state index in [2.05, 4.69) is 20.3 Å². The summed E-state index contributed by atoms with van der Waals surface area (Å²) in [5, 5.41) is 3.36. The van der Waals surface area contributed by atoms with Crippen molar-refractivity contribution in [3.8, 4) is 16.9 Å². The van der Waals surface area contributed by atoms with Crippen LogP contribution >= 0.6 is 11.3 Å². The Labute approximate surface area is 153 Å². The number of methoxy groups -OCH3 is 1. The molecule has 3 heterocycles. The highest BCUT2D eigenvalue weighted by Crippen LogP contribution is 2.32. The minimum absolute atomic E-state index is 0.257. The van der Waals surface area contributed by atoms with Crippen LogP contribution in [0.2, 0.25) is 0 Å². The molecule has 0 aliphatic rings. The first-order chi connectivity index (χ1) is 12.8. The summed E-state index contributed by atoms with van der Waals surface area (Å²) in [4.78, 5) is 25.6. The predicted octanol–water partition coefficient (Wildman–Crippen LogP) is 4.01. The Morgan fingerprint density at radius 3 is 2.81 bits per heavy atom. The van der Waals surface area contributed by atoms with Gasteiger partial charge in [0.1, 0.15) is 5.75 Å². The second-order valence-corrected chi connectivity index (χ2v) is 6.45. The van der Waals surface area contributed by atoms with Crippen molar-refractivity contribution < 1.29 is 9.53 Å².